The van der Waals surface area contributed by atoms with Gasteiger partial charge in [0, 0.05) is 6.07 Å². The van der Waals surface area contributed by atoms with E-state index in [2.05, 4.69) is 9.88 Å². The van der Waals surface area contributed by atoms with Crippen molar-refractivity contribution in [1.82, 2.24) is 0 Å². The number of pyridine rings is 1. The number of aldehydes is 1. The molecular formula is C10H13N2O2+. The zero-order valence-electron chi connectivity index (χ0n) is 7.90. The molecule has 0 saturated carbocycles. The van der Waals surface area contributed by atoms with Gasteiger partial charge in [-0.15, -0.1) is 0 Å². The standard InChI is InChI=1S/C10H12N2O2/c13-8-9-1-2-10(11-7-9)12-3-5-14-6-4-12/h1-2,7-8H,3-6H2/p+1. The van der Waals surface area contributed by atoms with Crippen LogP contribution in [-0.4, -0.2) is 32.6 Å². The van der Waals surface area contributed by atoms with Gasteiger partial charge in [0.1, 0.15) is 13.1 Å². The van der Waals surface area contributed by atoms with E-state index in [0.717, 1.165) is 38.4 Å². The Morgan fingerprint density at radius 3 is 2.71 bits per heavy atom. The van der Waals surface area contributed by atoms with Crippen LogP contribution >= 0.6 is 0 Å². The van der Waals surface area contributed by atoms with E-state index >= 15 is 0 Å². The number of ether oxygens (including phenoxy) is 1. The molecule has 1 fully saturated rings. The van der Waals surface area contributed by atoms with E-state index in [1.807, 2.05) is 12.1 Å². The molecule has 4 nitrogen and oxygen atoms in total. The van der Waals surface area contributed by atoms with E-state index in [9.17, 15) is 4.79 Å². The first-order valence-electron chi connectivity index (χ1n) is 4.70. The Kier molecular flexibility index (Phi) is 2.74. The number of nitrogens with one attached hydrogen (secondary N) is 1. The number of aromatic amines is 1. The van der Waals surface area contributed by atoms with Gasteiger partial charge in [-0.25, -0.2) is 4.98 Å². The quantitative estimate of drug-likeness (QED) is 0.628. The molecule has 0 atom stereocenters. The van der Waals surface area contributed by atoms with Gasteiger partial charge in [0.2, 0.25) is 0 Å². The number of carbonyl (C=O) groups is 1. The van der Waals surface area contributed by atoms with Crippen molar-refractivity contribution in [1.29, 1.82) is 0 Å². The lowest BCUT2D eigenvalue weighted by Crippen LogP contribution is -2.39. The van der Waals surface area contributed by atoms with E-state index in [-0.39, 0.29) is 0 Å². The molecule has 0 spiro atoms. The second-order valence-electron chi connectivity index (χ2n) is 3.22. The molecule has 1 aliphatic heterocycles. The molecule has 0 radical (unpaired) electrons. The molecule has 0 unspecified atom stereocenters. The lowest BCUT2D eigenvalue weighted by atomic mass is 10.3. The molecule has 2 heterocycles. The minimum atomic E-state index is 0.669. The third-order valence-electron chi connectivity index (χ3n) is 2.31. The van der Waals surface area contributed by atoms with Crippen molar-refractivity contribution in [2.24, 2.45) is 0 Å². The summed E-state index contributed by atoms with van der Waals surface area (Å²) in [6.45, 7) is 3.33. The van der Waals surface area contributed by atoms with Crippen LogP contribution in [0.4, 0.5) is 5.82 Å². The summed E-state index contributed by atoms with van der Waals surface area (Å²) in [5.41, 5.74) is 0.669. The summed E-state index contributed by atoms with van der Waals surface area (Å²) in [5.74, 6) is 1.04. The number of hydrogen-bond acceptors (Lipinski definition) is 3. The molecule has 14 heavy (non-hydrogen) atoms. The number of morpholine rings is 1. The van der Waals surface area contributed by atoms with Crippen LogP contribution in [0.3, 0.4) is 0 Å². The van der Waals surface area contributed by atoms with Crippen molar-refractivity contribution in [2.45, 2.75) is 0 Å². The van der Waals surface area contributed by atoms with Gasteiger partial charge in [-0.2, -0.15) is 0 Å². The minimum Gasteiger partial charge on any atom is -0.373 e. The Morgan fingerprint density at radius 2 is 2.14 bits per heavy atom. The molecule has 1 N–H and O–H groups in total. The van der Waals surface area contributed by atoms with Gasteiger partial charge in [-0.05, 0) is 6.07 Å². The second kappa shape index (κ2) is 4.19. The van der Waals surface area contributed by atoms with Crippen molar-refractivity contribution in [3.05, 3.63) is 23.9 Å². The predicted octanol–water partition coefficient (Wildman–Crippen LogP) is 0.150. The Hall–Kier alpha value is -1.42. The molecule has 4 heteroatoms. The molecule has 1 saturated heterocycles. The summed E-state index contributed by atoms with van der Waals surface area (Å²) in [5, 5.41) is 0. The van der Waals surface area contributed by atoms with Gasteiger partial charge in [0.25, 0.3) is 5.82 Å². The van der Waals surface area contributed by atoms with Crippen LogP contribution in [0.1, 0.15) is 10.4 Å². The van der Waals surface area contributed by atoms with Gasteiger partial charge in [-0.1, -0.05) is 0 Å². The maximum Gasteiger partial charge on any atom is 0.274 e. The van der Waals surface area contributed by atoms with Crippen LogP contribution in [-0.2, 0) is 4.74 Å². The number of anilines is 1. The molecule has 0 aliphatic carbocycles. The topological polar surface area (TPSA) is 43.7 Å². The molecule has 2 rings (SSSR count). The fourth-order valence-electron chi connectivity index (χ4n) is 1.50. The number of carbonyl (C=O) groups excluding carboxylic acids is 1. The Morgan fingerprint density at radius 1 is 1.36 bits per heavy atom. The normalized spacial score (nSPS) is 16.7. The maximum atomic E-state index is 10.4. The molecule has 0 amide bonds. The Labute approximate surface area is 82.5 Å². The number of rotatable bonds is 2. The first kappa shape index (κ1) is 9.15. The third-order valence-corrected chi connectivity index (χ3v) is 2.31. The van der Waals surface area contributed by atoms with Crippen LogP contribution in [0.5, 0.6) is 0 Å². The monoisotopic (exact) mass is 193 g/mol. The predicted molar refractivity (Wildman–Crippen MR) is 51.4 cm³/mol. The number of hydrogen-bond donors (Lipinski definition) is 0. The van der Waals surface area contributed by atoms with Crippen molar-refractivity contribution >= 4 is 12.1 Å². The van der Waals surface area contributed by atoms with Crippen LogP contribution in [0.2, 0.25) is 0 Å². The average molecular weight is 193 g/mol. The summed E-state index contributed by atoms with van der Waals surface area (Å²) >= 11 is 0. The summed E-state index contributed by atoms with van der Waals surface area (Å²) in [6.07, 6.45) is 2.55. The highest BCUT2D eigenvalue weighted by molar-refractivity contribution is 5.73. The van der Waals surface area contributed by atoms with Crippen molar-refractivity contribution in [3.63, 3.8) is 0 Å². The largest absolute Gasteiger partial charge is 0.373 e. The third kappa shape index (κ3) is 1.90. The second-order valence-corrected chi connectivity index (χ2v) is 3.22. The summed E-state index contributed by atoms with van der Waals surface area (Å²) in [4.78, 5) is 15.7. The molecular weight excluding hydrogens is 180 g/mol. The van der Waals surface area contributed by atoms with Gasteiger partial charge < -0.3 is 4.74 Å². The fourth-order valence-corrected chi connectivity index (χ4v) is 1.50. The number of nitrogens with zero attached hydrogens (tertiary/aromatic N) is 1. The van der Waals surface area contributed by atoms with Crippen molar-refractivity contribution in [3.8, 4) is 0 Å². The number of aromatic nitrogens is 1. The van der Waals surface area contributed by atoms with E-state index in [4.69, 9.17) is 4.74 Å². The zero-order chi connectivity index (χ0) is 9.80. The molecule has 0 aromatic carbocycles. The van der Waals surface area contributed by atoms with Crippen LogP contribution in [0.15, 0.2) is 18.3 Å². The van der Waals surface area contributed by atoms with Crippen LogP contribution in [0.25, 0.3) is 0 Å². The van der Waals surface area contributed by atoms with E-state index in [0.29, 0.717) is 5.56 Å². The summed E-state index contributed by atoms with van der Waals surface area (Å²) < 4.78 is 5.25. The summed E-state index contributed by atoms with van der Waals surface area (Å²) in [6, 6.07) is 3.74. The highest BCUT2D eigenvalue weighted by atomic mass is 16.5. The summed E-state index contributed by atoms with van der Waals surface area (Å²) in [7, 11) is 0. The lowest BCUT2D eigenvalue weighted by Gasteiger charge is -2.21. The van der Waals surface area contributed by atoms with Crippen molar-refractivity contribution in [2.75, 3.05) is 31.2 Å². The highest BCUT2D eigenvalue weighted by Crippen LogP contribution is 2.08. The maximum absolute atomic E-state index is 10.4. The minimum absolute atomic E-state index is 0.669. The van der Waals surface area contributed by atoms with E-state index in [1.54, 1.807) is 6.20 Å². The Bertz CT molecular complexity index is 304. The van der Waals surface area contributed by atoms with Gasteiger partial charge in [0.15, 0.2) is 6.29 Å². The van der Waals surface area contributed by atoms with Gasteiger partial charge in [-0.3, -0.25) is 9.69 Å². The van der Waals surface area contributed by atoms with E-state index < -0.39 is 0 Å². The lowest BCUT2D eigenvalue weighted by molar-refractivity contribution is -0.364. The van der Waals surface area contributed by atoms with E-state index in [1.165, 1.54) is 0 Å². The van der Waals surface area contributed by atoms with Gasteiger partial charge in [0.05, 0.1) is 25.0 Å². The highest BCUT2D eigenvalue weighted by Gasteiger charge is 2.18. The molecule has 74 valence electrons. The SMILES string of the molecule is O=Cc1ccc(N2CCOCC2)[nH+]c1. The zero-order valence-corrected chi connectivity index (χ0v) is 7.90. The van der Waals surface area contributed by atoms with Crippen LogP contribution < -0.4 is 9.88 Å². The molecule has 1 aliphatic rings. The first-order valence-corrected chi connectivity index (χ1v) is 4.70. The van der Waals surface area contributed by atoms with Crippen LogP contribution in [0, 0.1) is 0 Å². The smallest absolute Gasteiger partial charge is 0.274 e. The van der Waals surface area contributed by atoms with Crippen molar-refractivity contribution < 1.29 is 14.5 Å². The fraction of sp³-hybridized carbons (Fsp3) is 0.400. The number of H-pyrrole nitrogens is 1. The molecule has 1 aromatic heterocycles. The molecule has 0 bridgehead atoms. The Balaban J connectivity index is 2.11. The van der Waals surface area contributed by atoms with Gasteiger partial charge >= 0.3 is 0 Å². The average Bonchev–Trinajstić information content (AvgIpc) is 2.30. The molecule has 1 aromatic rings. The first-order chi connectivity index (χ1) is 6.90.